The summed E-state index contributed by atoms with van der Waals surface area (Å²) >= 11 is 0. The Morgan fingerprint density at radius 2 is 1.86 bits per heavy atom. The number of aliphatic hydroxyl groups is 1. The summed E-state index contributed by atoms with van der Waals surface area (Å²) in [6.45, 7) is 2.52. The minimum absolute atomic E-state index is 0. The number of carbonyl (C=O) groups excluding carboxylic acids is 1. The van der Waals surface area contributed by atoms with Crippen molar-refractivity contribution in [1.29, 1.82) is 0 Å². The van der Waals surface area contributed by atoms with Crippen LogP contribution in [-0.4, -0.2) is 25.1 Å². The van der Waals surface area contributed by atoms with Crippen LogP contribution in [0.3, 0.4) is 0 Å². The molecule has 0 amide bonds. The van der Waals surface area contributed by atoms with E-state index in [9.17, 15) is 9.90 Å². The Morgan fingerprint density at radius 3 is 2.41 bits per heavy atom. The van der Waals surface area contributed by atoms with E-state index in [0.717, 1.165) is 17.6 Å². The van der Waals surface area contributed by atoms with E-state index in [2.05, 4.69) is 0 Å². The maximum Gasteiger partial charge on any atom is 0.150 e. The van der Waals surface area contributed by atoms with Crippen molar-refractivity contribution in [3.8, 4) is 11.5 Å². The van der Waals surface area contributed by atoms with Gasteiger partial charge in [0.1, 0.15) is 23.9 Å². The van der Waals surface area contributed by atoms with E-state index < -0.39 is 6.10 Å². The van der Waals surface area contributed by atoms with Gasteiger partial charge in [-0.3, -0.25) is 4.79 Å². The molecule has 2 rings (SSSR count). The Bertz CT molecular complexity index is 611. The third-order valence-electron chi connectivity index (χ3n) is 3.20. The van der Waals surface area contributed by atoms with Gasteiger partial charge in [0.15, 0.2) is 0 Å². The van der Waals surface area contributed by atoms with E-state index >= 15 is 0 Å². The molecule has 2 unspecified atom stereocenters. The Labute approximate surface area is 133 Å². The molecule has 0 heterocycles. The third-order valence-corrected chi connectivity index (χ3v) is 3.20. The minimum Gasteiger partial charge on any atom is -0.496 e. The van der Waals surface area contributed by atoms with E-state index in [4.69, 9.17) is 9.47 Å². The molecule has 22 heavy (non-hydrogen) atoms. The molecule has 2 aromatic carbocycles. The van der Waals surface area contributed by atoms with Crippen LogP contribution >= 0.6 is 9.90 Å². The van der Waals surface area contributed by atoms with Crippen molar-refractivity contribution in [2.45, 2.75) is 13.0 Å². The zero-order valence-corrected chi connectivity index (χ0v) is 14.2. The van der Waals surface area contributed by atoms with Crippen LogP contribution in [0, 0.1) is 0 Å². The molecule has 2 atom stereocenters. The monoisotopic (exact) mass is 320 g/mol. The molecular weight excluding hydrogens is 299 g/mol. The largest absolute Gasteiger partial charge is 0.496 e. The number of methoxy groups -OCH3 is 1. The second-order valence-corrected chi connectivity index (χ2v) is 4.52. The Balaban J connectivity index is 0.00000242. The fourth-order valence-corrected chi connectivity index (χ4v) is 2.12. The van der Waals surface area contributed by atoms with Gasteiger partial charge in [0.05, 0.1) is 13.7 Å². The summed E-state index contributed by atoms with van der Waals surface area (Å²) in [7, 11) is 1.51. The Kier molecular flexibility index (Phi) is 7.03. The number of rotatable bonds is 6. The van der Waals surface area contributed by atoms with Crippen LogP contribution < -0.4 is 9.47 Å². The van der Waals surface area contributed by atoms with Crippen molar-refractivity contribution in [2.75, 3.05) is 13.7 Å². The number of ether oxygens (including phenoxy) is 2. The van der Waals surface area contributed by atoms with Gasteiger partial charge in [-0.05, 0) is 30.7 Å². The quantitative estimate of drug-likeness (QED) is 0.656. The molecule has 0 aliphatic carbocycles. The number of hydrogen-bond acceptors (Lipinski definition) is 4. The molecule has 0 saturated carbocycles. The highest BCUT2D eigenvalue weighted by molar-refractivity contribution is 6.92. The molecule has 0 aromatic heterocycles. The number of aliphatic hydroxyl groups excluding tert-OH is 1. The minimum atomic E-state index is -0.823. The standard InChI is InChI=1S/C17H18O4.H3P/c1-3-21-14-7-5-13(6-8-14)17(19)15-9-4-12(11-18)10-16(15)20-2;/h4-11,17,19H,3H2,1-2H3;1H3. The lowest BCUT2D eigenvalue weighted by atomic mass is 9.99. The smallest absolute Gasteiger partial charge is 0.150 e. The van der Waals surface area contributed by atoms with E-state index in [1.54, 1.807) is 18.2 Å². The summed E-state index contributed by atoms with van der Waals surface area (Å²) in [5.41, 5.74) is 1.86. The Hall–Kier alpha value is -1.90. The second kappa shape index (κ2) is 8.52. The first-order valence-corrected chi connectivity index (χ1v) is 6.73. The first kappa shape index (κ1) is 18.1. The topological polar surface area (TPSA) is 55.8 Å². The zero-order valence-electron chi connectivity index (χ0n) is 12.8. The van der Waals surface area contributed by atoms with Gasteiger partial charge in [-0.1, -0.05) is 24.3 Å². The van der Waals surface area contributed by atoms with Gasteiger partial charge in [-0.25, -0.2) is 0 Å². The molecule has 0 spiro atoms. The summed E-state index contributed by atoms with van der Waals surface area (Å²) in [4.78, 5) is 10.8. The van der Waals surface area contributed by atoms with Crippen molar-refractivity contribution < 1.29 is 19.4 Å². The summed E-state index contributed by atoms with van der Waals surface area (Å²) in [5, 5.41) is 10.5. The van der Waals surface area contributed by atoms with Gasteiger partial charge in [0.2, 0.25) is 0 Å². The zero-order chi connectivity index (χ0) is 15.2. The second-order valence-electron chi connectivity index (χ2n) is 4.52. The lowest BCUT2D eigenvalue weighted by Crippen LogP contribution is -2.03. The van der Waals surface area contributed by atoms with Gasteiger partial charge in [-0.2, -0.15) is 9.90 Å². The highest BCUT2D eigenvalue weighted by Gasteiger charge is 2.16. The molecule has 118 valence electrons. The van der Waals surface area contributed by atoms with Crippen LogP contribution in [-0.2, 0) is 0 Å². The third kappa shape index (κ3) is 4.06. The first-order valence-electron chi connectivity index (χ1n) is 6.73. The predicted molar refractivity (Wildman–Crippen MR) is 91.2 cm³/mol. The molecular formula is C17H21O4P. The van der Waals surface area contributed by atoms with Gasteiger partial charge in [0, 0.05) is 11.1 Å². The molecule has 0 saturated heterocycles. The molecule has 1 N–H and O–H groups in total. The summed E-state index contributed by atoms with van der Waals surface area (Å²) < 4.78 is 10.6. The average Bonchev–Trinajstić information content (AvgIpc) is 2.54. The van der Waals surface area contributed by atoms with E-state index in [0.29, 0.717) is 23.5 Å². The molecule has 0 aliphatic heterocycles. The van der Waals surface area contributed by atoms with Crippen LogP contribution in [0.15, 0.2) is 42.5 Å². The maximum absolute atomic E-state index is 10.8. The van der Waals surface area contributed by atoms with Gasteiger partial charge in [0.25, 0.3) is 0 Å². The van der Waals surface area contributed by atoms with Crippen molar-refractivity contribution in [3.05, 3.63) is 59.2 Å². The van der Waals surface area contributed by atoms with E-state index in [1.807, 2.05) is 31.2 Å². The first-order chi connectivity index (χ1) is 10.2. The van der Waals surface area contributed by atoms with Crippen LogP contribution in [0.5, 0.6) is 11.5 Å². The van der Waals surface area contributed by atoms with Gasteiger partial charge in [-0.15, -0.1) is 0 Å². The van der Waals surface area contributed by atoms with Gasteiger partial charge < -0.3 is 14.6 Å². The fourth-order valence-electron chi connectivity index (χ4n) is 2.12. The number of benzene rings is 2. The molecule has 0 aliphatic rings. The molecule has 0 radical (unpaired) electrons. The van der Waals surface area contributed by atoms with Crippen LogP contribution in [0.25, 0.3) is 0 Å². The van der Waals surface area contributed by atoms with Crippen molar-refractivity contribution in [3.63, 3.8) is 0 Å². The number of hydrogen-bond donors (Lipinski definition) is 1. The summed E-state index contributed by atoms with van der Waals surface area (Å²) in [5.74, 6) is 1.25. The molecule has 0 fully saturated rings. The molecule has 2 aromatic rings. The van der Waals surface area contributed by atoms with E-state index in [1.165, 1.54) is 7.11 Å². The van der Waals surface area contributed by atoms with Crippen LogP contribution in [0.1, 0.15) is 34.5 Å². The highest BCUT2D eigenvalue weighted by Crippen LogP contribution is 2.31. The van der Waals surface area contributed by atoms with Crippen LogP contribution in [0.2, 0.25) is 0 Å². The molecule has 5 heteroatoms. The van der Waals surface area contributed by atoms with Crippen molar-refractivity contribution in [1.82, 2.24) is 0 Å². The lowest BCUT2D eigenvalue weighted by molar-refractivity contribution is 0.112. The Morgan fingerprint density at radius 1 is 1.18 bits per heavy atom. The fraction of sp³-hybridized carbons (Fsp3) is 0.235. The lowest BCUT2D eigenvalue weighted by Gasteiger charge is -2.16. The number of aldehydes is 1. The van der Waals surface area contributed by atoms with Crippen LogP contribution in [0.4, 0.5) is 0 Å². The molecule has 0 bridgehead atoms. The normalized spacial score (nSPS) is 11.2. The predicted octanol–water partition coefficient (Wildman–Crippen LogP) is 3.05. The van der Waals surface area contributed by atoms with Crippen molar-refractivity contribution in [2.24, 2.45) is 0 Å². The highest BCUT2D eigenvalue weighted by atomic mass is 31.0. The van der Waals surface area contributed by atoms with E-state index in [-0.39, 0.29) is 9.90 Å². The van der Waals surface area contributed by atoms with Gasteiger partial charge >= 0.3 is 0 Å². The van der Waals surface area contributed by atoms with Crippen molar-refractivity contribution >= 4 is 16.2 Å². The SMILES string of the molecule is CCOc1ccc(C(O)c2ccc(C=O)cc2OC)cc1.P. The average molecular weight is 320 g/mol. The summed E-state index contributed by atoms with van der Waals surface area (Å²) in [6, 6.07) is 12.2. The maximum atomic E-state index is 10.8. The summed E-state index contributed by atoms with van der Waals surface area (Å²) in [6.07, 6.45) is -0.0772. The number of carbonyl (C=O) groups is 1. The molecule has 4 nitrogen and oxygen atoms in total.